The molecule has 0 bridgehead atoms. The highest BCUT2D eigenvalue weighted by Gasteiger charge is 2.20. The van der Waals surface area contributed by atoms with Gasteiger partial charge in [-0.05, 0) is 37.1 Å². The zero-order valence-corrected chi connectivity index (χ0v) is 12.1. The number of pyridine rings is 1. The first-order valence-corrected chi connectivity index (χ1v) is 7.37. The smallest absolute Gasteiger partial charge is 0.0974 e. The molecule has 1 aliphatic rings. The highest BCUT2D eigenvalue weighted by molar-refractivity contribution is 6.35. The number of nitrogens with one attached hydrogen (secondary N) is 1. The zero-order chi connectivity index (χ0) is 14.2. The second-order valence-electron chi connectivity index (χ2n) is 5.28. The van der Waals surface area contributed by atoms with Crippen molar-refractivity contribution < 1.29 is 0 Å². The maximum Gasteiger partial charge on any atom is 0.0974 e. The quantitative estimate of drug-likeness (QED) is 0.805. The molecule has 1 saturated carbocycles. The van der Waals surface area contributed by atoms with Crippen molar-refractivity contribution >= 4 is 22.5 Å². The van der Waals surface area contributed by atoms with E-state index in [4.69, 9.17) is 11.6 Å². The Morgan fingerprint density at radius 1 is 1.29 bits per heavy atom. The molecular formula is C15H14ClN5. The minimum Gasteiger partial charge on any atom is -0.308 e. The number of nitrogens with zero attached hydrogens (tertiary/aromatic N) is 4. The van der Waals surface area contributed by atoms with E-state index in [2.05, 4.69) is 20.6 Å². The van der Waals surface area contributed by atoms with Crippen LogP contribution in [0, 0.1) is 0 Å². The number of benzene rings is 1. The van der Waals surface area contributed by atoms with Crippen molar-refractivity contribution in [2.24, 2.45) is 0 Å². The van der Waals surface area contributed by atoms with Crippen LogP contribution in [0.15, 0.2) is 36.7 Å². The van der Waals surface area contributed by atoms with Crippen LogP contribution < -0.4 is 5.32 Å². The molecule has 0 atom stereocenters. The van der Waals surface area contributed by atoms with Crippen LogP contribution in [0.1, 0.15) is 18.5 Å². The topological polar surface area (TPSA) is 55.6 Å². The lowest BCUT2D eigenvalue weighted by Gasteiger charge is -2.06. The Labute approximate surface area is 126 Å². The summed E-state index contributed by atoms with van der Waals surface area (Å²) in [5.74, 6) is 0. The molecule has 0 saturated heterocycles. The molecule has 106 valence electrons. The summed E-state index contributed by atoms with van der Waals surface area (Å²) in [5, 5.41) is 13.5. The summed E-state index contributed by atoms with van der Waals surface area (Å²) >= 11 is 6.22. The van der Waals surface area contributed by atoms with Crippen LogP contribution in [0.5, 0.6) is 0 Å². The Morgan fingerprint density at radius 3 is 3.05 bits per heavy atom. The van der Waals surface area contributed by atoms with E-state index in [1.54, 1.807) is 10.9 Å². The molecule has 3 aromatic rings. The third-order valence-electron chi connectivity index (χ3n) is 3.63. The Balaban J connectivity index is 1.70. The summed E-state index contributed by atoms with van der Waals surface area (Å²) in [4.78, 5) is 4.42. The van der Waals surface area contributed by atoms with E-state index in [1.807, 2.05) is 30.5 Å². The maximum absolute atomic E-state index is 6.22. The van der Waals surface area contributed by atoms with Crippen molar-refractivity contribution in [1.29, 1.82) is 0 Å². The first kappa shape index (κ1) is 12.7. The Hall–Kier alpha value is -1.98. The molecule has 0 aliphatic heterocycles. The van der Waals surface area contributed by atoms with Gasteiger partial charge in [-0.3, -0.25) is 4.98 Å². The van der Waals surface area contributed by atoms with E-state index < -0.39 is 0 Å². The predicted molar refractivity (Wildman–Crippen MR) is 81.5 cm³/mol. The molecule has 0 amide bonds. The van der Waals surface area contributed by atoms with Gasteiger partial charge in [0.1, 0.15) is 0 Å². The monoisotopic (exact) mass is 299 g/mol. The second kappa shape index (κ2) is 5.09. The highest BCUT2D eigenvalue weighted by Crippen LogP contribution is 2.26. The molecule has 1 aromatic carbocycles. The van der Waals surface area contributed by atoms with Gasteiger partial charge in [0.2, 0.25) is 0 Å². The molecule has 21 heavy (non-hydrogen) atoms. The molecule has 0 spiro atoms. The van der Waals surface area contributed by atoms with Crippen molar-refractivity contribution in [3.05, 3.63) is 47.4 Å². The van der Waals surface area contributed by atoms with Crippen molar-refractivity contribution in [1.82, 2.24) is 25.3 Å². The fourth-order valence-electron chi connectivity index (χ4n) is 2.34. The molecule has 5 nitrogen and oxygen atoms in total. The molecule has 1 aliphatic carbocycles. The van der Waals surface area contributed by atoms with Crippen molar-refractivity contribution in [2.75, 3.05) is 0 Å². The molecule has 0 unspecified atom stereocenters. The van der Waals surface area contributed by atoms with Gasteiger partial charge in [-0.1, -0.05) is 16.8 Å². The highest BCUT2D eigenvalue weighted by atomic mass is 35.5. The zero-order valence-electron chi connectivity index (χ0n) is 11.3. The normalized spacial score (nSPS) is 14.7. The van der Waals surface area contributed by atoms with Crippen LogP contribution in [0.4, 0.5) is 0 Å². The summed E-state index contributed by atoms with van der Waals surface area (Å²) in [6.45, 7) is 0.754. The first-order chi connectivity index (χ1) is 10.3. The first-order valence-electron chi connectivity index (χ1n) is 6.99. The number of fused-ring (bicyclic) bond motifs is 1. The summed E-state index contributed by atoms with van der Waals surface area (Å²) in [6, 6.07) is 8.29. The molecule has 6 heteroatoms. The van der Waals surface area contributed by atoms with Gasteiger partial charge < -0.3 is 5.32 Å². The van der Waals surface area contributed by atoms with E-state index in [0.717, 1.165) is 28.8 Å². The van der Waals surface area contributed by atoms with E-state index in [9.17, 15) is 0 Å². The summed E-state index contributed by atoms with van der Waals surface area (Å²) in [6.07, 6.45) is 6.22. The molecule has 1 fully saturated rings. The van der Waals surface area contributed by atoms with Crippen LogP contribution in [-0.4, -0.2) is 26.0 Å². The number of aromatic nitrogens is 4. The van der Waals surface area contributed by atoms with Gasteiger partial charge in [-0.15, -0.1) is 5.10 Å². The van der Waals surface area contributed by atoms with Gasteiger partial charge in [-0.25, -0.2) is 4.68 Å². The summed E-state index contributed by atoms with van der Waals surface area (Å²) < 4.78 is 1.76. The molecule has 2 heterocycles. The average molecular weight is 300 g/mol. The molecule has 0 radical (unpaired) electrons. The molecular weight excluding hydrogens is 286 g/mol. The van der Waals surface area contributed by atoms with Crippen molar-refractivity contribution in [3.8, 4) is 5.69 Å². The lowest BCUT2D eigenvalue weighted by Crippen LogP contribution is -2.15. The van der Waals surface area contributed by atoms with Crippen LogP contribution in [-0.2, 0) is 6.54 Å². The van der Waals surface area contributed by atoms with Crippen LogP contribution in [0.25, 0.3) is 16.6 Å². The third kappa shape index (κ3) is 2.50. The standard InChI is InChI=1S/C15H14ClN5/c16-13-5-6-14(15-12(13)2-1-7-17-15)21-9-11(19-20-21)8-18-10-3-4-10/h1-2,5-7,9-10,18H,3-4,8H2. The largest absolute Gasteiger partial charge is 0.308 e. The van der Waals surface area contributed by atoms with E-state index >= 15 is 0 Å². The van der Waals surface area contributed by atoms with Gasteiger partial charge in [0.05, 0.1) is 28.1 Å². The van der Waals surface area contributed by atoms with Gasteiger partial charge in [-0.2, -0.15) is 0 Å². The SMILES string of the molecule is Clc1ccc(-n2cc(CNC3CC3)nn2)c2ncccc12. The number of rotatable bonds is 4. The molecule has 1 N–H and O–H groups in total. The van der Waals surface area contributed by atoms with Gasteiger partial charge in [0.25, 0.3) is 0 Å². The maximum atomic E-state index is 6.22. The summed E-state index contributed by atoms with van der Waals surface area (Å²) in [7, 11) is 0. The minimum absolute atomic E-state index is 0.660. The predicted octanol–water partition coefficient (Wildman–Crippen LogP) is 2.72. The third-order valence-corrected chi connectivity index (χ3v) is 3.96. The fraction of sp³-hybridized carbons (Fsp3) is 0.267. The average Bonchev–Trinajstić information content (AvgIpc) is 3.23. The Kier molecular flexibility index (Phi) is 3.09. The van der Waals surface area contributed by atoms with E-state index in [0.29, 0.717) is 11.1 Å². The lowest BCUT2D eigenvalue weighted by molar-refractivity contribution is 0.671. The van der Waals surface area contributed by atoms with Crippen LogP contribution in [0.2, 0.25) is 5.02 Å². The number of halogens is 1. The Bertz CT molecular complexity index is 794. The van der Waals surface area contributed by atoms with Gasteiger partial charge in [0.15, 0.2) is 0 Å². The number of hydrogen-bond donors (Lipinski definition) is 1. The minimum atomic E-state index is 0.660. The lowest BCUT2D eigenvalue weighted by atomic mass is 10.2. The van der Waals surface area contributed by atoms with Gasteiger partial charge in [0, 0.05) is 24.2 Å². The van der Waals surface area contributed by atoms with Crippen molar-refractivity contribution in [2.45, 2.75) is 25.4 Å². The van der Waals surface area contributed by atoms with Crippen LogP contribution >= 0.6 is 11.6 Å². The van der Waals surface area contributed by atoms with Crippen LogP contribution in [0.3, 0.4) is 0 Å². The van der Waals surface area contributed by atoms with E-state index in [-0.39, 0.29) is 0 Å². The Morgan fingerprint density at radius 2 is 2.19 bits per heavy atom. The molecule has 2 aromatic heterocycles. The fourth-order valence-corrected chi connectivity index (χ4v) is 2.56. The van der Waals surface area contributed by atoms with Gasteiger partial charge >= 0.3 is 0 Å². The van der Waals surface area contributed by atoms with Crippen molar-refractivity contribution in [3.63, 3.8) is 0 Å². The molecule has 4 rings (SSSR count). The summed E-state index contributed by atoms with van der Waals surface area (Å²) in [5.41, 5.74) is 2.65. The number of hydrogen-bond acceptors (Lipinski definition) is 4. The second-order valence-corrected chi connectivity index (χ2v) is 5.68. The van der Waals surface area contributed by atoms with E-state index in [1.165, 1.54) is 12.8 Å².